The fourth-order valence-corrected chi connectivity index (χ4v) is 2.97. The number of amides is 1. The van der Waals surface area contributed by atoms with Crippen molar-refractivity contribution in [2.45, 2.75) is 0 Å². The molecule has 1 saturated heterocycles. The van der Waals surface area contributed by atoms with Crippen LogP contribution in [0.4, 0.5) is 5.82 Å². The summed E-state index contributed by atoms with van der Waals surface area (Å²) in [6, 6.07) is 10.8. The Kier molecular flexibility index (Phi) is 3.73. The van der Waals surface area contributed by atoms with Gasteiger partial charge in [0.15, 0.2) is 11.5 Å². The third-order valence-electron chi connectivity index (χ3n) is 4.05. The molecule has 1 aromatic carbocycles. The lowest BCUT2D eigenvalue weighted by Crippen LogP contribution is -2.49. The number of piperazine rings is 1. The third-order valence-corrected chi connectivity index (χ3v) is 4.38. The second kappa shape index (κ2) is 6.04. The Bertz CT molecular complexity index is 888. The SMILES string of the molecule is O=C(c1ccccc1Cl)N1CCN(c2ccc3nnnn3n2)CC1. The van der Waals surface area contributed by atoms with Gasteiger partial charge < -0.3 is 9.80 Å². The summed E-state index contributed by atoms with van der Waals surface area (Å²) in [4.78, 5) is 16.5. The Morgan fingerprint density at radius 2 is 1.83 bits per heavy atom. The van der Waals surface area contributed by atoms with Gasteiger partial charge in [-0.2, -0.15) is 0 Å². The summed E-state index contributed by atoms with van der Waals surface area (Å²) >= 11 is 6.12. The molecule has 0 radical (unpaired) electrons. The van der Waals surface area contributed by atoms with Gasteiger partial charge in [-0.25, -0.2) is 0 Å². The first-order chi connectivity index (χ1) is 11.7. The Balaban J connectivity index is 1.46. The highest BCUT2D eigenvalue weighted by atomic mass is 35.5. The number of aromatic nitrogens is 5. The molecule has 3 aromatic rings. The maximum Gasteiger partial charge on any atom is 0.255 e. The van der Waals surface area contributed by atoms with Crippen molar-refractivity contribution < 1.29 is 4.79 Å². The van der Waals surface area contributed by atoms with Gasteiger partial charge in [-0.3, -0.25) is 4.79 Å². The predicted molar refractivity (Wildman–Crippen MR) is 88.1 cm³/mol. The molecule has 3 heterocycles. The minimum Gasteiger partial charge on any atom is -0.352 e. The van der Waals surface area contributed by atoms with Gasteiger partial charge in [0.25, 0.3) is 5.91 Å². The fraction of sp³-hybridized carbons (Fsp3) is 0.267. The minimum atomic E-state index is -0.0378. The average molecular weight is 344 g/mol. The molecule has 2 aromatic heterocycles. The number of carbonyl (C=O) groups is 1. The van der Waals surface area contributed by atoms with E-state index in [-0.39, 0.29) is 5.91 Å². The second-order valence-corrected chi connectivity index (χ2v) is 5.88. The number of hydrogen-bond donors (Lipinski definition) is 0. The van der Waals surface area contributed by atoms with Gasteiger partial charge in [0.1, 0.15) is 0 Å². The summed E-state index contributed by atoms with van der Waals surface area (Å²) in [5.74, 6) is 0.754. The molecular weight excluding hydrogens is 330 g/mol. The summed E-state index contributed by atoms with van der Waals surface area (Å²) in [7, 11) is 0. The van der Waals surface area contributed by atoms with Crippen LogP contribution in [0.3, 0.4) is 0 Å². The minimum absolute atomic E-state index is 0.0378. The molecule has 0 N–H and O–H groups in total. The predicted octanol–water partition coefficient (Wildman–Crippen LogP) is 1.14. The quantitative estimate of drug-likeness (QED) is 0.694. The number of nitrogens with zero attached hydrogens (tertiary/aromatic N) is 7. The molecule has 122 valence electrons. The van der Waals surface area contributed by atoms with Gasteiger partial charge in [-0.05, 0) is 34.7 Å². The van der Waals surface area contributed by atoms with Crippen molar-refractivity contribution in [3.63, 3.8) is 0 Å². The number of rotatable bonds is 2. The van der Waals surface area contributed by atoms with Crippen LogP contribution in [0.15, 0.2) is 36.4 Å². The molecule has 0 atom stereocenters. The van der Waals surface area contributed by atoms with E-state index >= 15 is 0 Å². The zero-order chi connectivity index (χ0) is 16.5. The van der Waals surface area contributed by atoms with Crippen LogP contribution >= 0.6 is 11.6 Å². The van der Waals surface area contributed by atoms with E-state index in [1.54, 1.807) is 12.1 Å². The first-order valence-electron chi connectivity index (χ1n) is 7.56. The number of halogens is 1. The Morgan fingerprint density at radius 1 is 1.04 bits per heavy atom. The van der Waals surface area contributed by atoms with Crippen LogP contribution in [0.1, 0.15) is 10.4 Å². The van der Waals surface area contributed by atoms with Crippen molar-refractivity contribution in [2.75, 3.05) is 31.1 Å². The third kappa shape index (κ3) is 2.65. The van der Waals surface area contributed by atoms with Gasteiger partial charge in [-0.15, -0.1) is 14.8 Å². The molecule has 9 heteroatoms. The van der Waals surface area contributed by atoms with Crippen LogP contribution in [0.25, 0.3) is 5.65 Å². The molecule has 8 nitrogen and oxygen atoms in total. The molecule has 0 saturated carbocycles. The van der Waals surface area contributed by atoms with Crippen LogP contribution in [0.2, 0.25) is 5.02 Å². The van der Waals surface area contributed by atoms with E-state index in [9.17, 15) is 4.79 Å². The lowest BCUT2D eigenvalue weighted by Gasteiger charge is -2.35. The van der Waals surface area contributed by atoms with Crippen LogP contribution in [-0.4, -0.2) is 62.2 Å². The molecular formula is C15H14ClN7O. The maximum absolute atomic E-state index is 12.6. The van der Waals surface area contributed by atoms with Gasteiger partial charge in [0, 0.05) is 26.2 Å². The van der Waals surface area contributed by atoms with Gasteiger partial charge >= 0.3 is 0 Å². The normalized spacial score (nSPS) is 15.0. The summed E-state index contributed by atoms with van der Waals surface area (Å²) in [5.41, 5.74) is 1.15. The smallest absolute Gasteiger partial charge is 0.255 e. The number of carbonyl (C=O) groups excluding carboxylic acids is 1. The van der Waals surface area contributed by atoms with Crippen molar-refractivity contribution in [3.05, 3.63) is 47.0 Å². The van der Waals surface area contributed by atoms with E-state index in [2.05, 4.69) is 25.5 Å². The van der Waals surface area contributed by atoms with Gasteiger partial charge in [-0.1, -0.05) is 23.7 Å². The molecule has 24 heavy (non-hydrogen) atoms. The van der Waals surface area contributed by atoms with Crippen molar-refractivity contribution in [3.8, 4) is 0 Å². The molecule has 4 rings (SSSR count). The zero-order valence-electron chi connectivity index (χ0n) is 12.7. The van der Waals surface area contributed by atoms with Crippen LogP contribution < -0.4 is 4.90 Å². The largest absolute Gasteiger partial charge is 0.352 e. The molecule has 1 fully saturated rings. The Labute approximate surface area is 142 Å². The highest BCUT2D eigenvalue weighted by molar-refractivity contribution is 6.33. The van der Waals surface area contributed by atoms with Crippen LogP contribution in [0.5, 0.6) is 0 Å². The zero-order valence-corrected chi connectivity index (χ0v) is 13.5. The number of hydrogen-bond acceptors (Lipinski definition) is 6. The van der Waals surface area contributed by atoms with E-state index < -0.39 is 0 Å². The van der Waals surface area contributed by atoms with Crippen molar-refractivity contribution >= 4 is 29.0 Å². The highest BCUT2D eigenvalue weighted by Gasteiger charge is 2.24. The van der Waals surface area contributed by atoms with Crippen LogP contribution in [0, 0.1) is 0 Å². The first kappa shape index (κ1) is 14.8. The summed E-state index contributed by atoms with van der Waals surface area (Å²) < 4.78 is 1.40. The fourth-order valence-electron chi connectivity index (χ4n) is 2.75. The van der Waals surface area contributed by atoms with Crippen LogP contribution in [-0.2, 0) is 0 Å². The summed E-state index contributed by atoms with van der Waals surface area (Å²) in [6.45, 7) is 2.60. The molecule has 1 aliphatic rings. The number of tetrazole rings is 1. The molecule has 1 amide bonds. The highest BCUT2D eigenvalue weighted by Crippen LogP contribution is 2.19. The van der Waals surface area contributed by atoms with E-state index in [0.29, 0.717) is 42.4 Å². The molecule has 1 aliphatic heterocycles. The number of anilines is 1. The number of benzene rings is 1. The molecule has 0 aliphatic carbocycles. The lowest BCUT2D eigenvalue weighted by molar-refractivity contribution is 0.0746. The van der Waals surface area contributed by atoms with E-state index in [1.165, 1.54) is 4.63 Å². The molecule has 0 unspecified atom stereocenters. The van der Waals surface area contributed by atoms with Crippen molar-refractivity contribution in [2.24, 2.45) is 0 Å². The lowest BCUT2D eigenvalue weighted by atomic mass is 10.2. The summed E-state index contributed by atoms with van der Waals surface area (Å²) in [5, 5.41) is 16.1. The maximum atomic E-state index is 12.6. The van der Waals surface area contributed by atoms with Crippen molar-refractivity contribution in [1.82, 2.24) is 30.2 Å². The van der Waals surface area contributed by atoms with E-state index in [4.69, 9.17) is 11.6 Å². The summed E-state index contributed by atoms with van der Waals surface area (Å²) in [6.07, 6.45) is 0. The Morgan fingerprint density at radius 3 is 2.62 bits per heavy atom. The number of fused-ring (bicyclic) bond motifs is 1. The van der Waals surface area contributed by atoms with Gasteiger partial charge in [0.2, 0.25) is 0 Å². The van der Waals surface area contributed by atoms with E-state index in [0.717, 1.165) is 5.82 Å². The standard InChI is InChI=1S/C15H14ClN7O/c16-12-4-2-1-3-11(12)15(24)22-9-7-21(8-10-22)14-6-5-13-17-19-20-23(13)18-14/h1-6H,7-10H2. The second-order valence-electron chi connectivity index (χ2n) is 5.48. The average Bonchev–Trinajstić information content (AvgIpc) is 3.09. The first-order valence-corrected chi connectivity index (χ1v) is 7.94. The van der Waals surface area contributed by atoms with Gasteiger partial charge in [0.05, 0.1) is 10.6 Å². The Hall–Kier alpha value is -2.74. The topological polar surface area (TPSA) is 79.5 Å². The monoisotopic (exact) mass is 343 g/mol. The molecule has 0 spiro atoms. The molecule has 0 bridgehead atoms. The van der Waals surface area contributed by atoms with Crippen molar-refractivity contribution in [1.29, 1.82) is 0 Å². The van der Waals surface area contributed by atoms with E-state index in [1.807, 2.05) is 29.2 Å².